The second-order valence-corrected chi connectivity index (χ2v) is 5.29. The van der Waals surface area contributed by atoms with E-state index < -0.39 is 12.1 Å². The minimum atomic E-state index is -0.975. The Morgan fingerprint density at radius 2 is 1.82 bits per heavy atom. The molecule has 4 heteroatoms. The predicted octanol–water partition coefficient (Wildman–Crippen LogP) is 4.00. The zero-order valence-electron chi connectivity index (χ0n) is 12.5. The van der Waals surface area contributed by atoms with Crippen LogP contribution in [0.3, 0.4) is 0 Å². The molecule has 0 aliphatic rings. The molecule has 0 fully saturated rings. The second-order valence-electron chi connectivity index (χ2n) is 5.29. The van der Waals surface area contributed by atoms with Crippen LogP contribution in [-0.2, 0) is 4.79 Å². The molecule has 2 N–H and O–H groups in total. The van der Waals surface area contributed by atoms with E-state index in [-0.39, 0.29) is 0 Å². The number of fused-ring (bicyclic) bond motifs is 1. The first kappa shape index (κ1) is 14.2. The molecule has 0 radical (unpaired) electrons. The first-order chi connectivity index (χ1) is 10.6. The molecule has 0 saturated carbocycles. The van der Waals surface area contributed by atoms with Crippen molar-refractivity contribution in [3.05, 3.63) is 54.2 Å². The number of para-hydroxylation sites is 1. The van der Waals surface area contributed by atoms with Crippen LogP contribution in [0.25, 0.3) is 22.0 Å². The molecular formula is C18H17NO3. The van der Waals surface area contributed by atoms with E-state index in [9.17, 15) is 4.79 Å². The normalized spacial score (nSPS) is 12.3. The Balaban J connectivity index is 1.95. The molecule has 0 aliphatic carbocycles. The monoisotopic (exact) mass is 295 g/mol. The number of H-pyrrole nitrogens is 1. The number of nitrogens with one attached hydrogen (secondary N) is 1. The number of hydrogen-bond acceptors (Lipinski definition) is 2. The fraction of sp³-hybridized carbons (Fsp3) is 0.167. The maximum atomic E-state index is 10.8. The lowest BCUT2D eigenvalue weighted by Crippen LogP contribution is -2.22. The lowest BCUT2D eigenvalue weighted by atomic mass is 10.0. The van der Waals surface area contributed by atoms with Gasteiger partial charge in [-0.2, -0.15) is 0 Å². The molecule has 3 rings (SSSR count). The highest BCUT2D eigenvalue weighted by molar-refractivity contribution is 5.97. The first-order valence-electron chi connectivity index (χ1n) is 7.13. The second kappa shape index (κ2) is 5.56. The third-order valence-electron chi connectivity index (χ3n) is 3.70. The van der Waals surface area contributed by atoms with Gasteiger partial charge < -0.3 is 14.8 Å². The van der Waals surface area contributed by atoms with Crippen LogP contribution in [0.1, 0.15) is 12.6 Å². The van der Waals surface area contributed by atoms with Gasteiger partial charge in [-0.05, 0) is 37.6 Å². The fourth-order valence-electron chi connectivity index (χ4n) is 2.60. The van der Waals surface area contributed by atoms with Gasteiger partial charge in [0.25, 0.3) is 0 Å². The number of hydrogen-bond donors (Lipinski definition) is 2. The number of benzene rings is 2. The van der Waals surface area contributed by atoms with E-state index in [4.69, 9.17) is 9.84 Å². The predicted molar refractivity (Wildman–Crippen MR) is 86.2 cm³/mol. The van der Waals surface area contributed by atoms with Gasteiger partial charge in [-0.1, -0.05) is 30.3 Å². The zero-order chi connectivity index (χ0) is 15.7. The number of aliphatic carboxylic acids is 1. The summed E-state index contributed by atoms with van der Waals surface area (Å²) < 4.78 is 5.36. The van der Waals surface area contributed by atoms with E-state index in [1.807, 2.05) is 31.2 Å². The molecule has 0 bridgehead atoms. The van der Waals surface area contributed by atoms with E-state index in [1.165, 1.54) is 12.3 Å². The molecule has 0 aliphatic heterocycles. The molecular weight excluding hydrogens is 278 g/mol. The van der Waals surface area contributed by atoms with Gasteiger partial charge in [-0.25, -0.2) is 4.79 Å². The van der Waals surface area contributed by atoms with E-state index in [2.05, 4.69) is 17.1 Å². The van der Waals surface area contributed by atoms with Crippen molar-refractivity contribution in [3.8, 4) is 16.9 Å². The largest absolute Gasteiger partial charge is 0.479 e. The number of aromatic nitrogens is 1. The topological polar surface area (TPSA) is 62.3 Å². The standard InChI is InChI=1S/C18H17NO3/c1-11-17(15-5-3-4-6-16(15)19-11)13-7-9-14(10-8-13)22-12(2)18(20)21/h3-10,12,19H,1-2H3,(H,20,21). The SMILES string of the molecule is Cc1[nH]c2ccccc2c1-c1ccc(OC(C)C(=O)O)cc1. The highest BCUT2D eigenvalue weighted by atomic mass is 16.5. The van der Waals surface area contributed by atoms with Crippen molar-refractivity contribution < 1.29 is 14.6 Å². The van der Waals surface area contributed by atoms with Gasteiger partial charge in [-0.15, -0.1) is 0 Å². The van der Waals surface area contributed by atoms with E-state index >= 15 is 0 Å². The van der Waals surface area contributed by atoms with Crippen LogP contribution >= 0.6 is 0 Å². The van der Waals surface area contributed by atoms with Crippen LogP contribution in [0.5, 0.6) is 5.75 Å². The van der Waals surface area contributed by atoms with Crippen LogP contribution in [0.4, 0.5) is 0 Å². The van der Waals surface area contributed by atoms with Gasteiger partial charge >= 0.3 is 5.97 Å². The molecule has 0 saturated heterocycles. The molecule has 4 nitrogen and oxygen atoms in total. The van der Waals surface area contributed by atoms with Crippen molar-refractivity contribution in [1.29, 1.82) is 0 Å². The highest BCUT2D eigenvalue weighted by Gasteiger charge is 2.13. The maximum Gasteiger partial charge on any atom is 0.344 e. The maximum absolute atomic E-state index is 10.8. The molecule has 1 atom stereocenters. The summed E-state index contributed by atoms with van der Waals surface area (Å²) in [7, 11) is 0. The van der Waals surface area contributed by atoms with Crippen LogP contribution in [-0.4, -0.2) is 22.2 Å². The van der Waals surface area contributed by atoms with Crippen molar-refractivity contribution in [2.45, 2.75) is 20.0 Å². The van der Waals surface area contributed by atoms with Gasteiger partial charge in [0.05, 0.1) is 0 Å². The van der Waals surface area contributed by atoms with Crippen LogP contribution < -0.4 is 4.74 Å². The summed E-state index contributed by atoms with van der Waals surface area (Å²) >= 11 is 0. The molecule has 22 heavy (non-hydrogen) atoms. The molecule has 1 heterocycles. The summed E-state index contributed by atoms with van der Waals surface area (Å²) in [5, 5.41) is 10.0. The van der Waals surface area contributed by atoms with Crippen LogP contribution in [0.15, 0.2) is 48.5 Å². The summed E-state index contributed by atoms with van der Waals surface area (Å²) in [6.45, 7) is 3.56. The summed E-state index contributed by atoms with van der Waals surface area (Å²) in [5.41, 5.74) is 4.45. The lowest BCUT2D eigenvalue weighted by molar-refractivity contribution is -0.144. The van der Waals surface area contributed by atoms with Crippen molar-refractivity contribution in [2.75, 3.05) is 0 Å². The average Bonchev–Trinajstić information content (AvgIpc) is 2.84. The van der Waals surface area contributed by atoms with Crippen molar-refractivity contribution in [1.82, 2.24) is 4.98 Å². The van der Waals surface area contributed by atoms with Crippen LogP contribution in [0, 0.1) is 6.92 Å². The molecule has 2 aromatic carbocycles. The molecule has 3 aromatic rings. The van der Waals surface area contributed by atoms with E-state index in [0.29, 0.717) is 5.75 Å². The molecule has 0 spiro atoms. The van der Waals surface area contributed by atoms with Crippen LogP contribution in [0.2, 0.25) is 0 Å². The Labute approximate surface area is 128 Å². The minimum Gasteiger partial charge on any atom is -0.479 e. The zero-order valence-corrected chi connectivity index (χ0v) is 12.5. The lowest BCUT2D eigenvalue weighted by Gasteiger charge is -2.11. The quantitative estimate of drug-likeness (QED) is 0.765. The van der Waals surface area contributed by atoms with Gasteiger partial charge in [-0.3, -0.25) is 0 Å². The smallest absolute Gasteiger partial charge is 0.344 e. The minimum absolute atomic E-state index is 0.552. The Morgan fingerprint density at radius 1 is 1.14 bits per heavy atom. The van der Waals surface area contributed by atoms with Gasteiger partial charge in [0.15, 0.2) is 6.10 Å². The summed E-state index contributed by atoms with van der Waals surface area (Å²) in [6.07, 6.45) is -0.860. The van der Waals surface area contributed by atoms with Gasteiger partial charge in [0.2, 0.25) is 0 Å². The number of carbonyl (C=O) groups is 1. The summed E-state index contributed by atoms with van der Waals surface area (Å²) in [5.74, 6) is -0.423. The summed E-state index contributed by atoms with van der Waals surface area (Å²) in [6, 6.07) is 15.7. The number of aryl methyl sites for hydroxylation is 1. The fourth-order valence-corrected chi connectivity index (χ4v) is 2.60. The summed E-state index contributed by atoms with van der Waals surface area (Å²) in [4.78, 5) is 14.2. The average molecular weight is 295 g/mol. The number of aromatic amines is 1. The van der Waals surface area contributed by atoms with Crippen molar-refractivity contribution >= 4 is 16.9 Å². The highest BCUT2D eigenvalue weighted by Crippen LogP contribution is 2.32. The third-order valence-corrected chi connectivity index (χ3v) is 3.70. The molecule has 1 aromatic heterocycles. The Hall–Kier alpha value is -2.75. The van der Waals surface area contributed by atoms with Gasteiger partial charge in [0, 0.05) is 22.2 Å². The number of carboxylic acids is 1. The van der Waals surface area contributed by atoms with Gasteiger partial charge in [0.1, 0.15) is 5.75 Å². The number of rotatable bonds is 4. The van der Waals surface area contributed by atoms with E-state index in [1.54, 1.807) is 12.1 Å². The van der Waals surface area contributed by atoms with E-state index in [0.717, 1.165) is 22.3 Å². The third kappa shape index (κ3) is 2.55. The molecule has 1 unspecified atom stereocenters. The van der Waals surface area contributed by atoms with Crippen molar-refractivity contribution in [2.24, 2.45) is 0 Å². The first-order valence-corrected chi connectivity index (χ1v) is 7.13. The number of ether oxygens (including phenoxy) is 1. The Morgan fingerprint density at radius 3 is 2.50 bits per heavy atom. The molecule has 0 amide bonds. The van der Waals surface area contributed by atoms with Crippen molar-refractivity contribution in [3.63, 3.8) is 0 Å². The Bertz CT molecular complexity index is 818. The Kier molecular flexibility index (Phi) is 3.59. The number of carboxylic acid groups (broad SMARTS) is 1. The molecule has 112 valence electrons.